The van der Waals surface area contributed by atoms with Gasteiger partial charge in [-0.25, -0.2) is 0 Å². The van der Waals surface area contributed by atoms with Crippen molar-refractivity contribution in [3.8, 4) is 11.4 Å². The Kier molecular flexibility index (Phi) is 4.95. The molecule has 116 valence electrons. The molecular formula is C17H21N3OS. The smallest absolute Gasteiger partial charge is 0.191 e. The van der Waals surface area contributed by atoms with E-state index in [9.17, 15) is 0 Å². The van der Waals surface area contributed by atoms with Crippen molar-refractivity contribution in [2.75, 3.05) is 12.4 Å². The van der Waals surface area contributed by atoms with E-state index < -0.39 is 0 Å². The molecule has 1 aromatic heterocycles. The Labute approximate surface area is 135 Å². The second-order valence-corrected chi connectivity index (χ2v) is 6.51. The van der Waals surface area contributed by atoms with Gasteiger partial charge in [-0.1, -0.05) is 41.6 Å². The van der Waals surface area contributed by atoms with Gasteiger partial charge in [0.1, 0.15) is 0 Å². The molecule has 1 aliphatic rings. The van der Waals surface area contributed by atoms with Gasteiger partial charge >= 0.3 is 0 Å². The van der Waals surface area contributed by atoms with Crippen molar-refractivity contribution in [2.45, 2.75) is 37.6 Å². The molecule has 4 nitrogen and oxygen atoms in total. The molecule has 0 saturated carbocycles. The molecule has 1 unspecified atom stereocenters. The van der Waals surface area contributed by atoms with Gasteiger partial charge in [0.05, 0.1) is 6.10 Å². The maximum absolute atomic E-state index is 5.68. The molecule has 1 atom stereocenters. The first kappa shape index (κ1) is 15.3. The summed E-state index contributed by atoms with van der Waals surface area (Å²) in [6.45, 7) is 7.54. The van der Waals surface area contributed by atoms with E-state index in [-0.39, 0.29) is 0 Å². The minimum Gasteiger partial charge on any atom is -0.377 e. The molecule has 1 fully saturated rings. The SMILES string of the molecule is C=CCn1c(SCC2CCCO2)nnc1-c1cccc(C)c1. The third-order valence-corrected chi connectivity index (χ3v) is 4.83. The van der Waals surface area contributed by atoms with Gasteiger partial charge < -0.3 is 4.74 Å². The van der Waals surface area contributed by atoms with Gasteiger partial charge in [-0.3, -0.25) is 4.57 Å². The molecule has 1 aromatic carbocycles. The Bertz CT molecular complexity index is 647. The number of hydrogen-bond acceptors (Lipinski definition) is 4. The minimum absolute atomic E-state index is 0.348. The first-order chi connectivity index (χ1) is 10.8. The molecule has 2 heterocycles. The maximum atomic E-state index is 5.68. The number of allylic oxidation sites excluding steroid dienone is 1. The molecule has 0 N–H and O–H groups in total. The predicted molar refractivity (Wildman–Crippen MR) is 90.1 cm³/mol. The summed E-state index contributed by atoms with van der Waals surface area (Å²) in [5.74, 6) is 1.83. The van der Waals surface area contributed by atoms with Crippen LogP contribution in [-0.2, 0) is 11.3 Å². The Morgan fingerprint density at radius 3 is 3.09 bits per heavy atom. The Morgan fingerprint density at radius 2 is 2.36 bits per heavy atom. The summed E-state index contributed by atoms with van der Waals surface area (Å²) in [4.78, 5) is 0. The Balaban J connectivity index is 1.82. The number of benzene rings is 1. The van der Waals surface area contributed by atoms with Crippen molar-refractivity contribution in [3.05, 3.63) is 42.5 Å². The highest BCUT2D eigenvalue weighted by atomic mass is 32.2. The van der Waals surface area contributed by atoms with Crippen molar-refractivity contribution in [1.82, 2.24) is 14.8 Å². The summed E-state index contributed by atoms with van der Waals surface area (Å²) >= 11 is 1.72. The van der Waals surface area contributed by atoms with Crippen LogP contribution in [0, 0.1) is 6.92 Å². The van der Waals surface area contributed by atoms with Crippen LogP contribution in [0.15, 0.2) is 42.1 Å². The monoisotopic (exact) mass is 315 g/mol. The maximum Gasteiger partial charge on any atom is 0.191 e. The van der Waals surface area contributed by atoms with Crippen LogP contribution in [0.2, 0.25) is 0 Å². The lowest BCUT2D eigenvalue weighted by atomic mass is 10.1. The summed E-state index contributed by atoms with van der Waals surface area (Å²) in [6, 6.07) is 8.35. The normalized spacial score (nSPS) is 17.8. The highest BCUT2D eigenvalue weighted by molar-refractivity contribution is 7.99. The van der Waals surface area contributed by atoms with Gasteiger partial charge in [0.2, 0.25) is 0 Å². The zero-order chi connectivity index (χ0) is 15.4. The molecule has 0 radical (unpaired) electrons. The van der Waals surface area contributed by atoms with E-state index in [1.54, 1.807) is 11.8 Å². The average Bonchev–Trinajstić information content (AvgIpc) is 3.15. The van der Waals surface area contributed by atoms with Gasteiger partial charge in [0.15, 0.2) is 11.0 Å². The van der Waals surface area contributed by atoms with E-state index in [1.807, 2.05) is 6.08 Å². The Hall–Kier alpha value is -1.59. The molecule has 0 spiro atoms. The summed E-state index contributed by atoms with van der Waals surface area (Å²) < 4.78 is 7.81. The van der Waals surface area contributed by atoms with Crippen LogP contribution in [-0.4, -0.2) is 33.2 Å². The Morgan fingerprint density at radius 1 is 1.45 bits per heavy atom. The third kappa shape index (κ3) is 3.42. The van der Waals surface area contributed by atoms with Crippen molar-refractivity contribution in [1.29, 1.82) is 0 Å². The lowest BCUT2D eigenvalue weighted by molar-refractivity contribution is 0.129. The molecule has 1 aliphatic heterocycles. The summed E-state index contributed by atoms with van der Waals surface area (Å²) in [6.07, 6.45) is 4.55. The second-order valence-electron chi connectivity index (χ2n) is 5.52. The van der Waals surface area contributed by atoms with Gasteiger partial charge in [0, 0.05) is 24.5 Å². The van der Waals surface area contributed by atoms with Crippen LogP contribution in [0.5, 0.6) is 0 Å². The number of aryl methyl sites for hydroxylation is 1. The lowest BCUT2D eigenvalue weighted by Crippen LogP contribution is -2.09. The molecule has 22 heavy (non-hydrogen) atoms. The van der Waals surface area contributed by atoms with E-state index >= 15 is 0 Å². The standard InChI is InChI=1S/C17H21N3OS/c1-3-9-20-16(14-7-4-6-13(2)11-14)18-19-17(20)22-12-15-8-5-10-21-15/h3-4,6-7,11,15H,1,5,8-10,12H2,2H3. The summed E-state index contributed by atoms with van der Waals surface area (Å²) in [5, 5.41) is 9.71. The molecule has 3 rings (SSSR count). The van der Waals surface area contributed by atoms with Crippen LogP contribution in [0.3, 0.4) is 0 Å². The number of rotatable bonds is 6. The van der Waals surface area contributed by atoms with Crippen molar-refractivity contribution < 1.29 is 4.74 Å². The largest absolute Gasteiger partial charge is 0.377 e. The molecule has 0 amide bonds. The molecule has 0 bridgehead atoms. The molecule has 2 aromatic rings. The highest BCUT2D eigenvalue weighted by Gasteiger charge is 2.19. The van der Waals surface area contributed by atoms with E-state index in [1.165, 1.54) is 12.0 Å². The van der Waals surface area contributed by atoms with Crippen LogP contribution in [0.25, 0.3) is 11.4 Å². The zero-order valence-electron chi connectivity index (χ0n) is 12.9. The highest BCUT2D eigenvalue weighted by Crippen LogP contribution is 2.27. The molecule has 0 aliphatic carbocycles. The van der Waals surface area contributed by atoms with Crippen molar-refractivity contribution in [2.24, 2.45) is 0 Å². The first-order valence-electron chi connectivity index (χ1n) is 7.63. The molecule has 5 heteroatoms. The average molecular weight is 315 g/mol. The van der Waals surface area contributed by atoms with Gasteiger partial charge in [-0.2, -0.15) is 0 Å². The minimum atomic E-state index is 0.348. The number of ether oxygens (including phenoxy) is 1. The second kappa shape index (κ2) is 7.11. The van der Waals surface area contributed by atoms with Crippen LogP contribution in [0.4, 0.5) is 0 Å². The fourth-order valence-electron chi connectivity index (χ4n) is 2.63. The number of nitrogens with zero attached hydrogens (tertiary/aromatic N) is 3. The van der Waals surface area contributed by atoms with E-state index in [0.717, 1.165) is 35.3 Å². The van der Waals surface area contributed by atoms with Gasteiger partial charge in [-0.15, -0.1) is 16.8 Å². The van der Waals surface area contributed by atoms with E-state index in [4.69, 9.17) is 4.74 Å². The molecule has 1 saturated heterocycles. The topological polar surface area (TPSA) is 39.9 Å². The van der Waals surface area contributed by atoms with Gasteiger partial charge in [-0.05, 0) is 25.8 Å². The van der Waals surface area contributed by atoms with E-state index in [0.29, 0.717) is 12.6 Å². The summed E-state index contributed by atoms with van der Waals surface area (Å²) in [7, 11) is 0. The number of thioether (sulfide) groups is 1. The van der Waals surface area contributed by atoms with Crippen molar-refractivity contribution in [3.63, 3.8) is 0 Å². The van der Waals surface area contributed by atoms with Crippen LogP contribution in [0.1, 0.15) is 18.4 Å². The zero-order valence-corrected chi connectivity index (χ0v) is 13.7. The summed E-state index contributed by atoms with van der Waals surface area (Å²) in [5.41, 5.74) is 2.32. The molecular weight excluding hydrogens is 294 g/mol. The third-order valence-electron chi connectivity index (χ3n) is 3.73. The number of aromatic nitrogens is 3. The van der Waals surface area contributed by atoms with Gasteiger partial charge in [0.25, 0.3) is 0 Å². The number of hydrogen-bond donors (Lipinski definition) is 0. The quantitative estimate of drug-likeness (QED) is 0.602. The first-order valence-corrected chi connectivity index (χ1v) is 8.62. The predicted octanol–water partition coefficient (Wildman–Crippen LogP) is 3.71. The van der Waals surface area contributed by atoms with E-state index in [2.05, 4.69) is 52.5 Å². The lowest BCUT2D eigenvalue weighted by Gasteiger charge is -2.10. The van der Waals surface area contributed by atoms with Crippen LogP contribution < -0.4 is 0 Å². The fourth-order valence-corrected chi connectivity index (χ4v) is 3.64. The fraction of sp³-hybridized carbons (Fsp3) is 0.412. The van der Waals surface area contributed by atoms with Crippen LogP contribution >= 0.6 is 11.8 Å². The van der Waals surface area contributed by atoms with Crippen molar-refractivity contribution >= 4 is 11.8 Å².